The molecule has 0 radical (unpaired) electrons. The summed E-state index contributed by atoms with van der Waals surface area (Å²) in [6, 6.07) is 18.0. The number of nitrogens with zero attached hydrogens (tertiary/aromatic N) is 6. The fourth-order valence-corrected chi connectivity index (χ4v) is 3.15. The van der Waals surface area contributed by atoms with Crippen LogP contribution in [0.2, 0.25) is 0 Å². The number of rotatable bonds is 4. The molecule has 0 saturated heterocycles. The number of aryl methyl sites for hydroxylation is 1. The molecule has 0 spiro atoms. The van der Waals surface area contributed by atoms with Gasteiger partial charge in [-0.3, -0.25) is 4.68 Å². The van der Waals surface area contributed by atoms with Gasteiger partial charge in [0.25, 0.3) is 0 Å². The van der Waals surface area contributed by atoms with Crippen molar-refractivity contribution in [2.24, 2.45) is 7.05 Å². The number of hydrogen-bond acceptors (Lipinski definition) is 5. The molecular weight excluding hydrogens is 340 g/mol. The van der Waals surface area contributed by atoms with E-state index in [4.69, 9.17) is 9.72 Å². The Balaban J connectivity index is 1.67. The van der Waals surface area contributed by atoms with Gasteiger partial charge in [0.2, 0.25) is 5.88 Å². The summed E-state index contributed by atoms with van der Waals surface area (Å²) >= 11 is 0. The van der Waals surface area contributed by atoms with Gasteiger partial charge in [0.05, 0.1) is 11.9 Å². The molecule has 5 aromatic rings. The fourth-order valence-electron chi connectivity index (χ4n) is 3.15. The number of hydrogen-bond donors (Lipinski definition) is 0. The minimum atomic E-state index is 0.290. The van der Waals surface area contributed by atoms with E-state index in [2.05, 4.69) is 21.2 Å². The van der Waals surface area contributed by atoms with Crippen LogP contribution in [0, 0.1) is 0 Å². The maximum absolute atomic E-state index is 6.04. The molecule has 0 saturated carbocycles. The Morgan fingerprint density at radius 3 is 2.44 bits per heavy atom. The van der Waals surface area contributed by atoms with Crippen molar-refractivity contribution in [1.29, 1.82) is 0 Å². The van der Waals surface area contributed by atoms with Gasteiger partial charge in [-0.1, -0.05) is 36.4 Å². The molecule has 0 fully saturated rings. The first kappa shape index (κ1) is 15.5. The number of ether oxygens (including phenoxy) is 1. The Bertz CT molecular complexity index is 1240. The molecule has 0 N–H and O–H groups in total. The Morgan fingerprint density at radius 1 is 0.889 bits per heavy atom. The highest BCUT2D eigenvalue weighted by atomic mass is 16.5. The normalized spacial score (nSPS) is 11.3. The molecule has 2 aromatic carbocycles. The monoisotopic (exact) mass is 356 g/mol. The summed E-state index contributed by atoms with van der Waals surface area (Å²) in [6.45, 7) is 0.290. The molecule has 0 amide bonds. The van der Waals surface area contributed by atoms with Crippen molar-refractivity contribution >= 4 is 21.8 Å². The van der Waals surface area contributed by atoms with Crippen LogP contribution in [0.3, 0.4) is 0 Å². The SMILES string of the molecule is Cn1ncnc1COc1nc2c(cnn2-c2ccccc2)c2ccccc12. The zero-order valence-corrected chi connectivity index (χ0v) is 14.6. The van der Waals surface area contributed by atoms with E-state index in [1.54, 1.807) is 4.68 Å². The van der Waals surface area contributed by atoms with Crippen LogP contribution in [0.1, 0.15) is 5.82 Å². The lowest BCUT2D eigenvalue weighted by molar-refractivity contribution is 0.283. The van der Waals surface area contributed by atoms with Gasteiger partial charge in [0.15, 0.2) is 11.5 Å². The number of para-hydroxylation sites is 1. The number of aromatic nitrogens is 6. The van der Waals surface area contributed by atoms with Crippen LogP contribution >= 0.6 is 0 Å². The Labute approximate surface area is 154 Å². The van der Waals surface area contributed by atoms with E-state index in [-0.39, 0.29) is 0 Å². The van der Waals surface area contributed by atoms with Crippen molar-refractivity contribution in [2.75, 3.05) is 0 Å². The Hall–Kier alpha value is -3.74. The zero-order chi connectivity index (χ0) is 18.2. The van der Waals surface area contributed by atoms with E-state index >= 15 is 0 Å². The van der Waals surface area contributed by atoms with Crippen LogP contribution in [-0.2, 0) is 13.7 Å². The molecule has 132 valence electrons. The molecule has 27 heavy (non-hydrogen) atoms. The fraction of sp³-hybridized carbons (Fsp3) is 0.100. The van der Waals surface area contributed by atoms with Crippen molar-refractivity contribution in [3.63, 3.8) is 0 Å². The number of benzene rings is 2. The topological polar surface area (TPSA) is 70.7 Å². The third-order valence-corrected chi connectivity index (χ3v) is 4.54. The first-order valence-electron chi connectivity index (χ1n) is 8.59. The van der Waals surface area contributed by atoms with Crippen LogP contribution in [0.25, 0.3) is 27.5 Å². The Morgan fingerprint density at radius 2 is 1.67 bits per heavy atom. The van der Waals surface area contributed by atoms with E-state index in [0.29, 0.717) is 12.5 Å². The van der Waals surface area contributed by atoms with E-state index in [0.717, 1.165) is 33.3 Å². The zero-order valence-electron chi connectivity index (χ0n) is 14.6. The third kappa shape index (κ3) is 2.60. The molecule has 7 nitrogen and oxygen atoms in total. The highest BCUT2D eigenvalue weighted by molar-refractivity contribution is 6.06. The lowest BCUT2D eigenvalue weighted by atomic mass is 10.1. The van der Waals surface area contributed by atoms with E-state index in [9.17, 15) is 0 Å². The minimum absolute atomic E-state index is 0.290. The maximum atomic E-state index is 6.04. The summed E-state index contributed by atoms with van der Waals surface area (Å²) in [5.74, 6) is 1.29. The first-order valence-corrected chi connectivity index (χ1v) is 8.59. The van der Waals surface area contributed by atoms with Crippen molar-refractivity contribution in [3.05, 3.63) is 72.9 Å². The molecule has 0 aliphatic heterocycles. The minimum Gasteiger partial charge on any atom is -0.469 e. The highest BCUT2D eigenvalue weighted by Gasteiger charge is 2.15. The number of pyridine rings is 1. The molecular formula is C20H16N6O. The van der Waals surface area contributed by atoms with Gasteiger partial charge >= 0.3 is 0 Å². The molecule has 0 unspecified atom stereocenters. The van der Waals surface area contributed by atoms with E-state index in [1.807, 2.05) is 66.5 Å². The van der Waals surface area contributed by atoms with E-state index in [1.165, 1.54) is 6.33 Å². The van der Waals surface area contributed by atoms with Gasteiger partial charge in [-0.2, -0.15) is 15.2 Å². The van der Waals surface area contributed by atoms with Gasteiger partial charge in [-0.25, -0.2) is 9.67 Å². The van der Waals surface area contributed by atoms with Crippen LogP contribution in [0.15, 0.2) is 67.1 Å². The maximum Gasteiger partial charge on any atom is 0.223 e. The van der Waals surface area contributed by atoms with Crippen molar-refractivity contribution in [1.82, 2.24) is 29.5 Å². The van der Waals surface area contributed by atoms with Crippen molar-refractivity contribution in [2.45, 2.75) is 6.61 Å². The molecule has 0 aliphatic carbocycles. The third-order valence-electron chi connectivity index (χ3n) is 4.54. The van der Waals surface area contributed by atoms with Gasteiger partial charge in [0, 0.05) is 17.8 Å². The lowest BCUT2D eigenvalue weighted by Gasteiger charge is -2.10. The van der Waals surface area contributed by atoms with Crippen LogP contribution in [-0.4, -0.2) is 29.5 Å². The molecule has 5 rings (SSSR count). The standard InChI is InChI=1S/C20H16N6O/c1-25-18(21-13-23-25)12-27-20-16-10-6-5-9-15(16)17-11-22-26(19(17)24-20)14-7-3-2-4-8-14/h2-11,13H,12H2,1H3. The van der Waals surface area contributed by atoms with Gasteiger partial charge in [-0.05, 0) is 23.6 Å². The second-order valence-electron chi connectivity index (χ2n) is 6.18. The second kappa shape index (κ2) is 6.21. The largest absolute Gasteiger partial charge is 0.469 e. The van der Waals surface area contributed by atoms with Crippen molar-refractivity contribution < 1.29 is 4.74 Å². The van der Waals surface area contributed by atoms with Crippen LogP contribution in [0.5, 0.6) is 5.88 Å². The van der Waals surface area contributed by atoms with Crippen molar-refractivity contribution in [3.8, 4) is 11.6 Å². The van der Waals surface area contributed by atoms with Gasteiger partial charge < -0.3 is 4.74 Å². The average molecular weight is 356 g/mol. The quantitative estimate of drug-likeness (QED) is 0.494. The van der Waals surface area contributed by atoms with Crippen LogP contribution < -0.4 is 4.74 Å². The molecule has 0 bridgehead atoms. The Kier molecular flexibility index (Phi) is 3.57. The lowest BCUT2D eigenvalue weighted by Crippen LogP contribution is -2.06. The van der Waals surface area contributed by atoms with Gasteiger partial charge in [-0.15, -0.1) is 0 Å². The molecule has 3 heterocycles. The van der Waals surface area contributed by atoms with Gasteiger partial charge in [0.1, 0.15) is 12.9 Å². The molecule has 0 aliphatic rings. The smallest absolute Gasteiger partial charge is 0.223 e. The second-order valence-corrected chi connectivity index (χ2v) is 6.18. The van der Waals surface area contributed by atoms with Crippen LogP contribution in [0.4, 0.5) is 0 Å². The number of fused-ring (bicyclic) bond motifs is 3. The predicted molar refractivity (Wildman–Crippen MR) is 102 cm³/mol. The molecule has 3 aromatic heterocycles. The predicted octanol–water partition coefficient (Wildman–Crippen LogP) is 3.28. The summed E-state index contributed by atoms with van der Waals surface area (Å²) in [4.78, 5) is 9.00. The summed E-state index contributed by atoms with van der Waals surface area (Å²) < 4.78 is 9.56. The summed E-state index contributed by atoms with van der Waals surface area (Å²) in [5, 5.41) is 11.6. The first-order chi connectivity index (χ1) is 13.3. The highest BCUT2D eigenvalue weighted by Crippen LogP contribution is 2.31. The molecule has 0 atom stereocenters. The summed E-state index contributed by atoms with van der Waals surface area (Å²) in [6.07, 6.45) is 3.36. The van der Waals surface area contributed by atoms with E-state index < -0.39 is 0 Å². The molecule has 7 heteroatoms. The average Bonchev–Trinajstić information content (AvgIpc) is 3.33. The summed E-state index contributed by atoms with van der Waals surface area (Å²) in [5.41, 5.74) is 1.71. The summed E-state index contributed by atoms with van der Waals surface area (Å²) in [7, 11) is 1.84.